The summed E-state index contributed by atoms with van der Waals surface area (Å²) < 4.78 is 42.3. The lowest BCUT2D eigenvalue weighted by atomic mass is 10.2. The van der Waals surface area contributed by atoms with Gasteiger partial charge in [-0.05, 0) is 30.7 Å². The third-order valence-electron chi connectivity index (χ3n) is 2.75. The molecule has 5 nitrogen and oxygen atoms in total. The molecule has 2 aromatic heterocycles. The number of carbonyl (C=O) groups is 1. The maximum Gasteiger partial charge on any atom is 0.433 e. The van der Waals surface area contributed by atoms with E-state index in [1.165, 1.54) is 7.11 Å². The van der Waals surface area contributed by atoms with Crippen LogP contribution in [0, 0.1) is 6.92 Å². The second-order valence-electron chi connectivity index (χ2n) is 4.45. The average Bonchev–Trinajstić information content (AvgIpc) is 2.46. The Labute approximate surface area is 124 Å². The van der Waals surface area contributed by atoms with Crippen LogP contribution in [0.2, 0.25) is 0 Å². The number of alkyl halides is 3. The predicted octanol–water partition coefficient (Wildman–Crippen LogP) is 3.06. The van der Waals surface area contributed by atoms with Gasteiger partial charge in [0, 0.05) is 12.4 Å². The van der Waals surface area contributed by atoms with E-state index in [9.17, 15) is 18.0 Å². The summed E-state index contributed by atoms with van der Waals surface area (Å²) in [4.78, 5) is 19.3. The van der Waals surface area contributed by atoms with Crippen LogP contribution < -0.4 is 10.1 Å². The van der Waals surface area contributed by atoms with Crippen LogP contribution in [0.25, 0.3) is 0 Å². The molecule has 0 fully saturated rings. The van der Waals surface area contributed by atoms with Crippen molar-refractivity contribution in [1.82, 2.24) is 9.97 Å². The van der Waals surface area contributed by atoms with Crippen LogP contribution in [0.15, 0.2) is 30.6 Å². The van der Waals surface area contributed by atoms with Crippen LogP contribution >= 0.6 is 0 Å². The van der Waals surface area contributed by atoms with Gasteiger partial charge in [-0.3, -0.25) is 9.78 Å². The second kappa shape index (κ2) is 6.00. The highest BCUT2D eigenvalue weighted by molar-refractivity contribution is 6.04. The molecule has 0 spiro atoms. The summed E-state index contributed by atoms with van der Waals surface area (Å²) in [7, 11) is 1.40. The molecule has 116 valence electrons. The van der Waals surface area contributed by atoms with Crippen molar-refractivity contribution in [2.75, 3.05) is 12.4 Å². The fourth-order valence-electron chi connectivity index (χ4n) is 1.70. The Hall–Kier alpha value is -2.64. The van der Waals surface area contributed by atoms with E-state index < -0.39 is 17.8 Å². The maximum absolute atomic E-state index is 12.4. The van der Waals surface area contributed by atoms with Crippen molar-refractivity contribution < 1.29 is 22.7 Å². The molecular formula is C14H12F3N3O2. The normalized spacial score (nSPS) is 11.1. The summed E-state index contributed by atoms with van der Waals surface area (Å²) in [6.07, 6.45) is -2.11. The lowest BCUT2D eigenvalue weighted by Gasteiger charge is -2.10. The number of halogens is 3. The Bertz CT molecular complexity index is 685. The molecule has 0 saturated carbocycles. The minimum absolute atomic E-state index is 0.00319. The van der Waals surface area contributed by atoms with Crippen LogP contribution in [0.5, 0.6) is 5.88 Å². The molecule has 0 aromatic carbocycles. The quantitative estimate of drug-likeness (QED) is 0.946. The van der Waals surface area contributed by atoms with E-state index in [1.807, 2.05) is 0 Å². The van der Waals surface area contributed by atoms with E-state index >= 15 is 0 Å². The molecule has 22 heavy (non-hydrogen) atoms. The van der Waals surface area contributed by atoms with Gasteiger partial charge in [0.25, 0.3) is 5.91 Å². The van der Waals surface area contributed by atoms with Crippen molar-refractivity contribution in [2.45, 2.75) is 13.1 Å². The molecule has 2 heterocycles. The van der Waals surface area contributed by atoms with Gasteiger partial charge in [-0.25, -0.2) is 4.98 Å². The molecule has 0 unspecified atom stereocenters. The van der Waals surface area contributed by atoms with Gasteiger partial charge in [0.1, 0.15) is 11.4 Å². The molecule has 2 rings (SSSR count). The minimum Gasteiger partial charge on any atom is -0.480 e. The van der Waals surface area contributed by atoms with Gasteiger partial charge >= 0.3 is 6.18 Å². The number of hydrogen-bond acceptors (Lipinski definition) is 4. The Morgan fingerprint density at radius 2 is 1.95 bits per heavy atom. The lowest BCUT2D eigenvalue weighted by molar-refractivity contribution is -0.141. The van der Waals surface area contributed by atoms with Gasteiger partial charge in [-0.2, -0.15) is 13.2 Å². The highest BCUT2D eigenvalue weighted by Gasteiger charge is 2.32. The van der Waals surface area contributed by atoms with Gasteiger partial charge in [0.05, 0.1) is 12.7 Å². The standard InChI is InChI=1S/C14H12F3N3O2/c1-8-5-10(13(22-2)19-6-8)20-12(21)9-3-4-11(18-7-9)14(15,16)17/h3-7H,1-2H3,(H,20,21). The number of nitrogens with zero attached hydrogens (tertiary/aromatic N) is 2. The van der Waals surface area contributed by atoms with E-state index in [1.54, 1.807) is 19.2 Å². The number of nitrogens with one attached hydrogen (secondary N) is 1. The minimum atomic E-state index is -4.54. The fourth-order valence-corrected chi connectivity index (χ4v) is 1.70. The monoisotopic (exact) mass is 311 g/mol. The zero-order valence-electron chi connectivity index (χ0n) is 11.7. The number of methoxy groups -OCH3 is 1. The third kappa shape index (κ3) is 3.51. The van der Waals surface area contributed by atoms with E-state index in [0.717, 1.165) is 23.9 Å². The van der Waals surface area contributed by atoms with E-state index in [-0.39, 0.29) is 11.4 Å². The molecular weight excluding hydrogens is 299 g/mol. The summed E-state index contributed by atoms with van der Waals surface area (Å²) in [5.41, 5.74) is 0.0597. The molecule has 0 saturated heterocycles. The second-order valence-corrected chi connectivity index (χ2v) is 4.45. The first kappa shape index (κ1) is 15.7. The van der Waals surface area contributed by atoms with Crippen molar-refractivity contribution in [3.8, 4) is 5.88 Å². The summed E-state index contributed by atoms with van der Waals surface area (Å²) in [5.74, 6) is -0.397. The van der Waals surface area contributed by atoms with Crippen molar-refractivity contribution in [2.24, 2.45) is 0 Å². The predicted molar refractivity (Wildman–Crippen MR) is 72.7 cm³/mol. The van der Waals surface area contributed by atoms with Crippen molar-refractivity contribution in [3.63, 3.8) is 0 Å². The highest BCUT2D eigenvalue weighted by atomic mass is 19.4. The number of hydrogen-bond donors (Lipinski definition) is 1. The Balaban J connectivity index is 2.21. The zero-order chi connectivity index (χ0) is 16.3. The molecule has 0 aliphatic heterocycles. The SMILES string of the molecule is COc1ncc(C)cc1NC(=O)c1ccc(C(F)(F)F)nc1. The molecule has 0 aliphatic rings. The number of pyridine rings is 2. The third-order valence-corrected chi connectivity index (χ3v) is 2.75. The largest absolute Gasteiger partial charge is 0.480 e. The first-order valence-electron chi connectivity index (χ1n) is 6.16. The average molecular weight is 311 g/mol. The topological polar surface area (TPSA) is 64.1 Å². The van der Waals surface area contributed by atoms with Crippen LogP contribution in [0.1, 0.15) is 21.6 Å². The van der Waals surface area contributed by atoms with Gasteiger partial charge in [-0.1, -0.05) is 0 Å². The highest BCUT2D eigenvalue weighted by Crippen LogP contribution is 2.27. The van der Waals surface area contributed by atoms with Crippen LogP contribution in [0.3, 0.4) is 0 Å². The fraction of sp³-hybridized carbons (Fsp3) is 0.214. The van der Waals surface area contributed by atoms with Crippen molar-refractivity contribution in [1.29, 1.82) is 0 Å². The zero-order valence-corrected chi connectivity index (χ0v) is 11.7. The Morgan fingerprint density at radius 1 is 1.23 bits per heavy atom. The van der Waals surface area contributed by atoms with E-state index in [4.69, 9.17) is 4.74 Å². The summed E-state index contributed by atoms with van der Waals surface area (Å²) in [6, 6.07) is 3.45. The molecule has 1 amide bonds. The summed E-state index contributed by atoms with van der Waals surface area (Å²) in [6.45, 7) is 1.78. The number of amides is 1. The maximum atomic E-state index is 12.4. The lowest BCUT2D eigenvalue weighted by Crippen LogP contribution is -2.15. The van der Waals surface area contributed by atoms with Gasteiger partial charge in [0.15, 0.2) is 0 Å². The first-order valence-corrected chi connectivity index (χ1v) is 6.16. The van der Waals surface area contributed by atoms with Gasteiger partial charge in [0.2, 0.25) is 5.88 Å². The molecule has 0 aliphatic carbocycles. The molecule has 0 bridgehead atoms. The van der Waals surface area contributed by atoms with Gasteiger partial charge in [-0.15, -0.1) is 0 Å². The number of aryl methyl sites for hydroxylation is 1. The number of ether oxygens (including phenoxy) is 1. The molecule has 8 heteroatoms. The van der Waals surface area contributed by atoms with Crippen LogP contribution in [0.4, 0.5) is 18.9 Å². The van der Waals surface area contributed by atoms with E-state index in [0.29, 0.717) is 5.69 Å². The van der Waals surface area contributed by atoms with E-state index in [2.05, 4.69) is 15.3 Å². The first-order chi connectivity index (χ1) is 10.3. The smallest absolute Gasteiger partial charge is 0.433 e. The number of anilines is 1. The van der Waals surface area contributed by atoms with Gasteiger partial charge < -0.3 is 10.1 Å². The Kier molecular flexibility index (Phi) is 4.30. The van der Waals surface area contributed by atoms with Crippen molar-refractivity contribution >= 4 is 11.6 Å². The molecule has 1 N–H and O–H groups in total. The number of rotatable bonds is 3. The van der Waals surface area contributed by atoms with Crippen LogP contribution in [-0.4, -0.2) is 23.0 Å². The van der Waals surface area contributed by atoms with Crippen LogP contribution in [-0.2, 0) is 6.18 Å². The van der Waals surface area contributed by atoms with Crippen molar-refractivity contribution in [3.05, 3.63) is 47.4 Å². The summed E-state index contributed by atoms with van der Waals surface area (Å²) >= 11 is 0. The number of carbonyl (C=O) groups excluding carboxylic acids is 1. The summed E-state index contributed by atoms with van der Waals surface area (Å²) in [5, 5.41) is 2.53. The Morgan fingerprint density at radius 3 is 2.50 bits per heavy atom. The number of aromatic nitrogens is 2. The molecule has 2 aromatic rings. The molecule has 0 radical (unpaired) electrons. The molecule has 0 atom stereocenters.